The first-order valence-electron chi connectivity index (χ1n) is 4.79. The Morgan fingerprint density at radius 2 is 2.41 bits per heavy atom. The molecule has 0 aliphatic rings. The maximum Gasteiger partial charge on any atom is 0.327 e. The lowest BCUT2D eigenvalue weighted by atomic mass is 10.1. The predicted molar refractivity (Wildman–Crippen MR) is 70.7 cm³/mol. The fourth-order valence-electron chi connectivity index (χ4n) is 1.33. The molecule has 0 radical (unpaired) electrons. The highest BCUT2D eigenvalue weighted by Gasteiger charge is 2.22. The van der Waals surface area contributed by atoms with Gasteiger partial charge in [0.15, 0.2) is 0 Å². The van der Waals surface area contributed by atoms with Crippen LogP contribution in [-0.4, -0.2) is 19.6 Å². The Kier molecular flexibility index (Phi) is 5.49. The molecule has 17 heavy (non-hydrogen) atoms. The zero-order valence-corrected chi connectivity index (χ0v) is 11.5. The van der Waals surface area contributed by atoms with Crippen LogP contribution < -0.4 is 5.32 Å². The summed E-state index contributed by atoms with van der Waals surface area (Å²) < 4.78 is 5.49. The van der Waals surface area contributed by atoms with E-state index in [4.69, 9.17) is 22.8 Å². The minimum Gasteiger partial charge on any atom is -0.468 e. The molecule has 1 atom stereocenters. The molecule has 1 aromatic rings. The third-order valence-corrected chi connectivity index (χ3v) is 3.07. The van der Waals surface area contributed by atoms with Crippen LogP contribution in [0.1, 0.15) is 11.6 Å². The van der Waals surface area contributed by atoms with Crippen LogP contribution in [0.2, 0.25) is 5.02 Å². The van der Waals surface area contributed by atoms with Gasteiger partial charge in [0.05, 0.1) is 13.7 Å². The molecule has 0 heterocycles. The lowest BCUT2D eigenvalue weighted by Crippen LogP contribution is -2.30. The molecule has 1 N–H and O–H groups in total. The number of nitrogens with one attached hydrogen (secondary N) is 1. The standard InChI is InChI=1S/C12H11BrClNO2/c1-3-6-15-11(12(16)17-2)9-7-8(14)4-5-10(9)13/h1,4-5,7,11,15H,6H2,2H3. The molecule has 0 aliphatic heterocycles. The van der Waals surface area contributed by atoms with Gasteiger partial charge in [-0.05, 0) is 23.8 Å². The fraction of sp³-hybridized carbons (Fsp3) is 0.250. The third kappa shape index (κ3) is 3.74. The summed E-state index contributed by atoms with van der Waals surface area (Å²) in [7, 11) is 1.32. The molecule has 0 spiro atoms. The molecule has 1 rings (SSSR count). The van der Waals surface area contributed by atoms with Gasteiger partial charge in [0.2, 0.25) is 0 Å². The van der Waals surface area contributed by atoms with Crippen LogP contribution in [0.4, 0.5) is 0 Å². The third-order valence-electron chi connectivity index (χ3n) is 2.11. The number of esters is 1. The van der Waals surface area contributed by atoms with Gasteiger partial charge in [-0.1, -0.05) is 33.5 Å². The van der Waals surface area contributed by atoms with Crippen molar-refractivity contribution < 1.29 is 9.53 Å². The summed E-state index contributed by atoms with van der Waals surface area (Å²) in [5, 5.41) is 3.45. The van der Waals surface area contributed by atoms with Gasteiger partial charge in [0, 0.05) is 9.50 Å². The SMILES string of the molecule is C#CCNC(C(=O)OC)c1cc(Cl)ccc1Br. The number of rotatable bonds is 4. The molecule has 0 bridgehead atoms. The van der Waals surface area contributed by atoms with Crippen molar-refractivity contribution in [2.24, 2.45) is 0 Å². The summed E-state index contributed by atoms with van der Waals surface area (Å²) in [6, 6.07) is 4.55. The summed E-state index contributed by atoms with van der Waals surface area (Å²) in [6.07, 6.45) is 5.16. The molecular weight excluding hydrogens is 305 g/mol. The number of methoxy groups -OCH3 is 1. The van der Waals surface area contributed by atoms with Crippen molar-refractivity contribution >= 4 is 33.5 Å². The predicted octanol–water partition coefficient (Wildman–Crippen LogP) is 2.54. The van der Waals surface area contributed by atoms with Gasteiger partial charge in [-0.2, -0.15) is 0 Å². The molecule has 0 aromatic heterocycles. The van der Waals surface area contributed by atoms with E-state index in [0.29, 0.717) is 10.6 Å². The van der Waals surface area contributed by atoms with Crippen molar-refractivity contribution in [2.75, 3.05) is 13.7 Å². The van der Waals surface area contributed by atoms with Crippen LogP contribution in [0.3, 0.4) is 0 Å². The molecule has 0 aliphatic carbocycles. The van der Waals surface area contributed by atoms with Crippen molar-refractivity contribution in [3.05, 3.63) is 33.3 Å². The minimum atomic E-state index is -0.635. The van der Waals surface area contributed by atoms with E-state index in [9.17, 15) is 4.79 Å². The largest absolute Gasteiger partial charge is 0.468 e. The normalized spacial score (nSPS) is 11.6. The summed E-state index contributed by atoms with van der Waals surface area (Å²) in [6.45, 7) is 0.263. The molecule has 3 nitrogen and oxygen atoms in total. The Morgan fingerprint density at radius 3 is 3.00 bits per heavy atom. The Morgan fingerprint density at radius 1 is 1.71 bits per heavy atom. The summed E-state index contributed by atoms with van der Waals surface area (Å²) in [5.74, 6) is 2.00. The van der Waals surface area contributed by atoms with Gasteiger partial charge in [-0.25, -0.2) is 4.79 Å². The Hall–Kier alpha value is -1.02. The number of halogens is 2. The van der Waals surface area contributed by atoms with E-state index in [1.165, 1.54) is 7.11 Å². The Balaban J connectivity index is 3.08. The van der Waals surface area contributed by atoms with Crippen molar-refractivity contribution in [1.29, 1.82) is 0 Å². The average Bonchev–Trinajstić information content (AvgIpc) is 2.33. The van der Waals surface area contributed by atoms with Crippen LogP contribution >= 0.6 is 27.5 Å². The molecule has 1 unspecified atom stereocenters. The van der Waals surface area contributed by atoms with Gasteiger partial charge in [0.1, 0.15) is 6.04 Å². The quantitative estimate of drug-likeness (QED) is 0.685. The number of hydrogen-bond acceptors (Lipinski definition) is 3. The maximum absolute atomic E-state index is 11.7. The molecule has 90 valence electrons. The van der Waals surface area contributed by atoms with Crippen LogP contribution in [0.15, 0.2) is 22.7 Å². The van der Waals surface area contributed by atoms with Gasteiger partial charge in [0.25, 0.3) is 0 Å². The van der Waals surface area contributed by atoms with Crippen molar-refractivity contribution in [2.45, 2.75) is 6.04 Å². The highest BCUT2D eigenvalue weighted by molar-refractivity contribution is 9.10. The lowest BCUT2D eigenvalue weighted by molar-refractivity contribution is -0.143. The molecule has 0 amide bonds. The van der Waals surface area contributed by atoms with Crippen LogP contribution in [0.25, 0.3) is 0 Å². The zero-order chi connectivity index (χ0) is 12.8. The second-order valence-corrected chi connectivity index (χ2v) is 4.50. The number of terminal acetylenes is 1. The second kappa shape index (κ2) is 6.65. The van der Waals surface area contributed by atoms with Crippen LogP contribution in [0, 0.1) is 12.3 Å². The highest BCUT2D eigenvalue weighted by atomic mass is 79.9. The van der Waals surface area contributed by atoms with E-state index in [0.717, 1.165) is 4.47 Å². The van der Waals surface area contributed by atoms with Gasteiger partial charge in [-0.15, -0.1) is 6.42 Å². The fourth-order valence-corrected chi connectivity index (χ4v) is 1.99. The van der Waals surface area contributed by atoms with E-state index in [-0.39, 0.29) is 6.54 Å². The average molecular weight is 317 g/mol. The van der Waals surface area contributed by atoms with Crippen molar-refractivity contribution in [3.8, 4) is 12.3 Å². The monoisotopic (exact) mass is 315 g/mol. The van der Waals surface area contributed by atoms with Gasteiger partial charge in [-0.3, -0.25) is 5.32 Å². The van der Waals surface area contributed by atoms with Gasteiger partial charge >= 0.3 is 5.97 Å². The first-order chi connectivity index (χ1) is 8.10. The number of carbonyl (C=O) groups excluding carboxylic acids is 1. The molecule has 0 saturated carbocycles. The lowest BCUT2D eigenvalue weighted by Gasteiger charge is -2.17. The molecule has 0 saturated heterocycles. The van der Waals surface area contributed by atoms with E-state index in [1.54, 1.807) is 18.2 Å². The molecular formula is C12H11BrClNO2. The van der Waals surface area contributed by atoms with E-state index in [2.05, 4.69) is 27.2 Å². The smallest absolute Gasteiger partial charge is 0.327 e. The van der Waals surface area contributed by atoms with Crippen molar-refractivity contribution in [3.63, 3.8) is 0 Å². The van der Waals surface area contributed by atoms with Crippen LogP contribution in [-0.2, 0) is 9.53 Å². The van der Waals surface area contributed by atoms with Crippen LogP contribution in [0.5, 0.6) is 0 Å². The first-order valence-corrected chi connectivity index (χ1v) is 5.97. The zero-order valence-electron chi connectivity index (χ0n) is 9.17. The topological polar surface area (TPSA) is 38.3 Å². The Labute approximate surface area is 114 Å². The van der Waals surface area contributed by atoms with E-state index < -0.39 is 12.0 Å². The number of carbonyl (C=O) groups is 1. The van der Waals surface area contributed by atoms with E-state index in [1.807, 2.05) is 0 Å². The number of hydrogen-bond donors (Lipinski definition) is 1. The highest BCUT2D eigenvalue weighted by Crippen LogP contribution is 2.27. The molecule has 5 heteroatoms. The Bertz CT molecular complexity index is 456. The second-order valence-electron chi connectivity index (χ2n) is 3.21. The van der Waals surface area contributed by atoms with Crippen molar-refractivity contribution in [1.82, 2.24) is 5.32 Å². The summed E-state index contributed by atoms with van der Waals surface area (Å²) in [5.41, 5.74) is 0.694. The van der Waals surface area contributed by atoms with Gasteiger partial charge < -0.3 is 4.74 Å². The summed E-state index contributed by atoms with van der Waals surface area (Å²) >= 11 is 9.26. The molecule has 1 aromatic carbocycles. The molecule has 0 fully saturated rings. The maximum atomic E-state index is 11.7. The van der Waals surface area contributed by atoms with E-state index >= 15 is 0 Å². The minimum absolute atomic E-state index is 0.263. The number of benzene rings is 1. The number of ether oxygens (including phenoxy) is 1. The first kappa shape index (κ1) is 14.0. The summed E-state index contributed by atoms with van der Waals surface area (Å²) in [4.78, 5) is 11.7.